The number of aromatic amines is 1. The zero-order valence-corrected chi connectivity index (χ0v) is 13.0. The molecule has 0 aliphatic heterocycles. The van der Waals surface area contributed by atoms with Crippen LogP contribution >= 0.6 is 11.6 Å². The van der Waals surface area contributed by atoms with Crippen molar-refractivity contribution >= 4 is 28.6 Å². The monoisotopic (exact) mass is 330 g/mol. The molecular formula is C17H15ClN2O3. The van der Waals surface area contributed by atoms with Crippen LogP contribution in [-0.2, 0) is 17.6 Å². The fourth-order valence-electron chi connectivity index (χ4n) is 2.39. The number of hydrogen-bond donors (Lipinski definition) is 2. The van der Waals surface area contributed by atoms with Gasteiger partial charge in [-0.15, -0.1) is 0 Å². The van der Waals surface area contributed by atoms with Gasteiger partial charge < -0.3 is 9.73 Å². The van der Waals surface area contributed by atoms with Gasteiger partial charge in [-0.3, -0.25) is 9.78 Å². The molecule has 0 aliphatic rings. The maximum absolute atomic E-state index is 11.9. The van der Waals surface area contributed by atoms with Crippen molar-refractivity contribution in [1.82, 2.24) is 10.3 Å². The largest absolute Gasteiger partial charge is 0.417 e. The van der Waals surface area contributed by atoms with Crippen LogP contribution in [0.5, 0.6) is 0 Å². The predicted molar refractivity (Wildman–Crippen MR) is 88.7 cm³/mol. The first-order valence-electron chi connectivity index (χ1n) is 7.23. The van der Waals surface area contributed by atoms with Gasteiger partial charge in [-0.1, -0.05) is 29.8 Å². The van der Waals surface area contributed by atoms with Crippen molar-refractivity contribution < 1.29 is 9.21 Å². The second-order valence-corrected chi connectivity index (χ2v) is 5.69. The van der Waals surface area contributed by atoms with Gasteiger partial charge >= 0.3 is 5.76 Å². The van der Waals surface area contributed by atoms with E-state index in [1.54, 1.807) is 24.3 Å². The molecule has 0 bridgehead atoms. The Morgan fingerprint density at radius 2 is 2.04 bits per heavy atom. The molecule has 1 aromatic heterocycles. The number of oxazole rings is 1. The molecule has 0 unspecified atom stereocenters. The number of aromatic nitrogens is 1. The number of carbonyl (C=O) groups is 1. The van der Waals surface area contributed by atoms with Crippen LogP contribution < -0.4 is 11.1 Å². The first-order chi connectivity index (χ1) is 11.1. The molecule has 0 aliphatic carbocycles. The van der Waals surface area contributed by atoms with Crippen LogP contribution in [0.2, 0.25) is 5.02 Å². The Morgan fingerprint density at radius 3 is 2.87 bits per heavy atom. The maximum Gasteiger partial charge on any atom is 0.417 e. The highest BCUT2D eigenvalue weighted by Gasteiger charge is 2.05. The molecule has 2 aromatic carbocycles. The molecule has 0 radical (unpaired) electrons. The Bertz CT molecular complexity index is 898. The van der Waals surface area contributed by atoms with E-state index in [1.807, 2.05) is 18.2 Å². The number of nitrogens with one attached hydrogen (secondary N) is 2. The van der Waals surface area contributed by atoms with E-state index in [1.165, 1.54) is 0 Å². The van der Waals surface area contributed by atoms with Crippen LogP contribution in [0.25, 0.3) is 11.1 Å². The summed E-state index contributed by atoms with van der Waals surface area (Å²) in [7, 11) is 0. The first-order valence-corrected chi connectivity index (χ1v) is 7.61. The van der Waals surface area contributed by atoms with E-state index in [9.17, 15) is 9.59 Å². The van der Waals surface area contributed by atoms with Crippen molar-refractivity contribution in [3.8, 4) is 0 Å². The Labute approximate surface area is 137 Å². The number of hydrogen-bond acceptors (Lipinski definition) is 3. The van der Waals surface area contributed by atoms with E-state index >= 15 is 0 Å². The summed E-state index contributed by atoms with van der Waals surface area (Å²) < 4.78 is 5.02. The third-order valence-corrected chi connectivity index (χ3v) is 3.71. The molecule has 6 heteroatoms. The van der Waals surface area contributed by atoms with Gasteiger partial charge in [0.05, 0.1) is 11.9 Å². The molecule has 23 heavy (non-hydrogen) atoms. The minimum Gasteiger partial charge on any atom is -0.408 e. The Morgan fingerprint density at radius 1 is 1.17 bits per heavy atom. The molecule has 0 saturated heterocycles. The summed E-state index contributed by atoms with van der Waals surface area (Å²) in [6, 6.07) is 12.7. The fourth-order valence-corrected chi connectivity index (χ4v) is 2.60. The SMILES string of the molecule is O=C(Cc1cccc(Cl)c1)NCCc1ccc2[nH]c(=O)oc2c1. The zero-order chi connectivity index (χ0) is 16.2. The summed E-state index contributed by atoms with van der Waals surface area (Å²) in [5.74, 6) is -0.520. The minimum absolute atomic E-state index is 0.0541. The number of amides is 1. The number of halogens is 1. The smallest absolute Gasteiger partial charge is 0.408 e. The summed E-state index contributed by atoms with van der Waals surface area (Å²) in [6.07, 6.45) is 0.957. The third-order valence-electron chi connectivity index (χ3n) is 3.47. The van der Waals surface area contributed by atoms with Crippen LogP contribution in [0.3, 0.4) is 0 Å². The van der Waals surface area contributed by atoms with Crippen LogP contribution in [0, 0.1) is 0 Å². The van der Waals surface area contributed by atoms with Crippen molar-refractivity contribution in [3.05, 3.63) is 69.2 Å². The van der Waals surface area contributed by atoms with Gasteiger partial charge in [0.2, 0.25) is 5.91 Å². The maximum atomic E-state index is 11.9. The van der Waals surface area contributed by atoms with Crippen molar-refractivity contribution in [2.24, 2.45) is 0 Å². The molecule has 0 fully saturated rings. The van der Waals surface area contributed by atoms with Crippen LogP contribution in [-0.4, -0.2) is 17.4 Å². The zero-order valence-electron chi connectivity index (χ0n) is 12.3. The quantitative estimate of drug-likeness (QED) is 0.755. The summed E-state index contributed by atoms with van der Waals surface area (Å²) in [5, 5.41) is 3.49. The molecule has 1 amide bonds. The van der Waals surface area contributed by atoms with Gasteiger partial charge in [-0.2, -0.15) is 0 Å². The van der Waals surface area contributed by atoms with Crippen LogP contribution in [0.15, 0.2) is 51.7 Å². The van der Waals surface area contributed by atoms with Crippen molar-refractivity contribution in [2.75, 3.05) is 6.54 Å². The molecule has 5 nitrogen and oxygen atoms in total. The predicted octanol–water partition coefficient (Wildman–Crippen LogP) is 2.68. The third kappa shape index (κ3) is 4.02. The second-order valence-electron chi connectivity index (χ2n) is 5.25. The Balaban J connectivity index is 1.53. The molecular weight excluding hydrogens is 316 g/mol. The van der Waals surface area contributed by atoms with E-state index in [0.29, 0.717) is 35.5 Å². The normalized spacial score (nSPS) is 10.8. The van der Waals surface area contributed by atoms with E-state index in [0.717, 1.165) is 11.1 Å². The van der Waals surface area contributed by atoms with Crippen molar-refractivity contribution in [2.45, 2.75) is 12.8 Å². The topological polar surface area (TPSA) is 75.1 Å². The Hall–Kier alpha value is -2.53. The lowest BCUT2D eigenvalue weighted by molar-refractivity contribution is -0.120. The average Bonchev–Trinajstić information content (AvgIpc) is 2.86. The van der Waals surface area contributed by atoms with Crippen molar-refractivity contribution in [3.63, 3.8) is 0 Å². The van der Waals surface area contributed by atoms with Crippen LogP contribution in [0.1, 0.15) is 11.1 Å². The van der Waals surface area contributed by atoms with Gasteiger partial charge in [0, 0.05) is 11.6 Å². The number of carbonyl (C=O) groups excluding carboxylic acids is 1. The number of rotatable bonds is 5. The van der Waals surface area contributed by atoms with Gasteiger partial charge in [-0.25, -0.2) is 4.79 Å². The molecule has 0 saturated carbocycles. The fraction of sp³-hybridized carbons (Fsp3) is 0.176. The molecule has 2 N–H and O–H groups in total. The second kappa shape index (κ2) is 6.71. The Kier molecular flexibility index (Phi) is 4.48. The standard InChI is InChI=1S/C17H15ClN2O3/c18-13-3-1-2-12(8-13)10-16(21)19-7-6-11-4-5-14-15(9-11)23-17(22)20-14/h1-5,8-9H,6-7,10H2,(H,19,21)(H,20,22). The van der Waals surface area contributed by atoms with Gasteiger partial charge in [0.1, 0.15) is 0 Å². The summed E-state index contributed by atoms with van der Waals surface area (Å²) in [4.78, 5) is 25.6. The molecule has 3 rings (SSSR count). The van der Waals surface area contributed by atoms with Crippen LogP contribution in [0.4, 0.5) is 0 Å². The summed E-state index contributed by atoms with van der Waals surface area (Å²) in [5.41, 5.74) is 3.07. The number of fused-ring (bicyclic) bond motifs is 1. The lowest BCUT2D eigenvalue weighted by Crippen LogP contribution is -2.27. The van der Waals surface area contributed by atoms with Gasteiger partial charge in [0.15, 0.2) is 5.58 Å². The summed E-state index contributed by atoms with van der Waals surface area (Å²) >= 11 is 5.90. The average molecular weight is 331 g/mol. The molecule has 118 valence electrons. The molecule has 1 heterocycles. The molecule has 0 spiro atoms. The lowest BCUT2D eigenvalue weighted by Gasteiger charge is -2.06. The molecule has 3 aromatic rings. The highest BCUT2D eigenvalue weighted by atomic mass is 35.5. The lowest BCUT2D eigenvalue weighted by atomic mass is 10.1. The van der Waals surface area contributed by atoms with Gasteiger partial charge in [-0.05, 0) is 41.8 Å². The minimum atomic E-state index is -0.466. The van der Waals surface area contributed by atoms with Crippen molar-refractivity contribution in [1.29, 1.82) is 0 Å². The number of H-pyrrole nitrogens is 1. The first kappa shape index (κ1) is 15.4. The highest BCUT2D eigenvalue weighted by Crippen LogP contribution is 2.13. The highest BCUT2D eigenvalue weighted by molar-refractivity contribution is 6.30. The summed E-state index contributed by atoms with van der Waals surface area (Å²) in [6.45, 7) is 0.513. The van der Waals surface area contributed by atoms with E-state index in [4.69, 9.17) is 16.0 Å². The number of benzene rings is 2. The molecule has 0 atom stereocenters. The van der Waals surface area contributed by atoms with E-state index in [-0.39, 0.29) is 5.91 Å². The van der Waals surface area contributed by atoms with Gasteiger partial charge in [0.25, 0.3) is 0 Å². The van der Waals surface area contributed by atoms with E-state index in [2.05, 4.69) is 10.3 Å². The van der Waals surface area contributed by atoms with E-state index < -0.39 is 5.76 Å².